The average molecular weight is 206 g/mol. The highest BCUT2D eigenvalue weighted by Crippen LogP contribution is 2.21. The number of hydrogen-bond acceptors (Lipinski definition) is 4. The van der Waals surface area contributed by atoms with Crippen LogP contribution < -0.4 is 0 Å². The summed E-state index contributed by atoms with van der Waals surface area (Å²) < 4.78 is 0. The van der Waals surface area contributed by atoms with Gasteiger partial charge in [-0.2, -0.15) is 0 Å². The van der Waals surface area contributed by atoms with Crippen LogP contribution in [0.3, 0.4) is 0 Å². The second kappa shape index (κ2) is 5.26. The Kier molecular flexibility index (Phi) is 5.05. The Hall–Kier alpha value is -0.520. The van der Waals surface area contributed by atoms with Gasteiger partial charge in [0.15, 0.2) is 0 Å². The minimum absolute atomic E-state index is 0.00708. The molecular weight excluding hydrogens is 192 g/mol. The molecular formula is C8H14O4S. The molecule has 0 radical (unpaired) electrons. The monoisotopic (exact) mass is 206 g/mol. The van der Waals surface area contributed by atoms with Gasteiger partial charge in [-0.05, 0) is 12.8 Å². The smallest absolute Gasteiger partial charge is 0.303 e. The second-order valence-corrected chi connectivity index (χ2v) is 3.20. The van der Waals surface area contributed by atoms with Crippen LogP contribution in [0.25, 0.3) is 0 Å². The number of thiocarbonyl (C=S) groups is 1. The third kappa shape index (κ3) is 3.80. The molecule has 0 heterocycles. The molecule has 0 bridgehead atoms. The quantitative estimate of drug-likeness (QED) is 0.547. The standard InChI is InChI=1S/C8H14O4S/c1-2-8(12,6(9)5-13)4-3-7(10)11/h5-6,9,12H,2-4H2,1H3,(H,10,11)/t6?,8-/m0/s1. The summed E-state index contributed by atoms with van der Waals surface area (Å²) in [5.41, 5.74) is -1.40. The molecule has 4 nitrogen and oxygen atoms in total. The maximum Gasteiger partial charge on any atom is 0.303 e. The van der Waals surface area contributed by atoms with Gasteiger partial charge in [0, 0.05) is 11.8 Å². The van der Waals surface area contributed by atoms with E-state index in [0.29, 0.717) is 0 Å². The number of aliphatic hydroxyl groups excluding tert-OH is 1. The fourth-order valence-corrected chi connectivity index (χ4v) is 1.24. The first-order valence-corrected chi connectivity index (χ1v) is 4.51. The Morgan fingerprint density at radius 2 is 2.23 bits per heavy atom. The Bertz CT molecular complexity index is 195. The lowest BCUT2D eigenvalue weighted by molar-refractivity contribution is -0.139. The third-order valence-corrected chi connectivity index (χ3v) is 2.32. The molecule has 76 valence electrons. The average Bonchev–Trinajstić information content (AvgIpc) is 2.12. The van der Waals surface area contributed by atoms with E-state index >= 15 is 0 Å². The van der Waals surface area contributed by atoms with Crippen LogP contribution in [0.15, 0.2) is 0 Å². The maximum absolute atomic E-state index is 10.2. The van der Waals surface area contributed by atoms with Crippen LogP contribution in [-0.2, 0) is 4.79 Å². The molecule has 5 heteroatoms. The highest BCUT2D eigenvalue weighted by Gasteiger charge is 2.32. The molecule has 2 atom stereocenters. The molecule has 0 aliphatic heterocycles. The van der Waals surface area contributed by atoms with Gasteiger partial charge in [0.2, 0.25) is 0 Å². The lowest BCUT2D eigenvalue weighted by Gasteiger charge is -2.29. The summed E-state index contributed by atoms with van der Waals surface area (Å²) in [5.74, 6) is -0.997. The number of carboxylic acids is 1. The van der Waals surface area contributed by atoms with E-state index in [2.05, 4.69) is 12.2 Å². The van der Waals surface area contributed by atoms with Crippen LogP contribution in [0.5, 0.6) is 0 Å². The predicted molar refractivity (Wildman–Crippen MR) is 51.8 cm³/mol. The summed E-state index contributed by atoms with van der Waals surface area (Å²) >= 11 is 4.49. The van der Waals surface area contributed by atoms with E-state index < -0.39 is 17.7 Å². The summed E-state index contributed by atoms with van der Waals surface area (Å²) in [6, 6.07) is 0. The van der Waals surface area contributed by atoms with Crippen molar-refractivity contribution >= 4 is 23.6 Å². The lowest BCUT2D eigenvalue weighted by atomic mass is 9.89. The van der Waals surface area contributed by atoms with E-state index in [1.54, 1.807) is 6.92 Å². The third-order valence-electron chi connectivity index (χ3n) is 2.06. The molecule has 0 rings (SSSR count). The van der Waals surface area contributed by atoms with Gasteiger partial charge in [-0.1, -0.05) is 19.1 Å². The Morgan fingerprint density at radius 1 is 1.69 bits per heavy atom. The molecule has 13 heavy (non-hydrogen) atoms. The molecule has 0 saturated heterocycles. The topological polar surface area (TPSA) is 77.8 Å². The summed E-state index contributed by atoms with van der Waals surface area (Å²) in [6.07, 6.45) is -1.04. The van der Waals surface area contributed by atoms with Crippen molar-refractivity contribution in [2.75, 3.05) is 0 Å². The molecule has 0 amide bonds. The SMILES string of the molecule is CC[C@](O)(CCC(=O)O)C(O)C=S. The molecule has 3 N–H and O–H groups in total. The normalized spacial score (nSPS) is 17.5. The van der Waals surface area contributed by atoms with E-state index in [0.717, 1.165) is 5.37 Å². The summed E-state index contributed by atoms with van der Waals surface area (Å²) in [5, 5.41) is 28.5. The van der Waals surface area contributed by atoms with Gasteiger partial charge in [0.05, 0.1) is 5.60 Å². The van der Waals surface area contributed by atoms with Crippen LogP contribution >= 0.6 is 12.2 Å². The molecule has 0 aromatic carbocycles. The zero-order valence-electron chi connectivity index (χ0n) is 7.43. The molecule has 0 aromatic rings. The van der Waals surface area contributed by atoms with E-state index in [4.69, 9.17) is 5.11 Å². The molecule has 0 aliphatic rings. The zero-order chi connectivity index (χ0) is 10.5. The van der Waals surface area contributed by atoms with E-state index in [1.165, 1.54) is 0 Å². The minimum atomic E-state index is -1.40. The number of aliphatic carboxylic acids is 1. The van der Waals surface area contributed by atoms with Gasteiger partial charge in [-0.3, -0.25) is 4.79 Å². The number of carboxylic acid groups (broad SMARTS) is 1. The van der Waals surface area contributed by atoms with Crippen LogP contribution in [0.2, 0.25) is 0 Å². The number of carbonyl (C=O) groups is 1. The fraction of sp³-hybridized carbons (Fsp3) is 0.750. The molecule has 0 saturated carbocycles. The summed E-state index contributed by atoms with van der Waals surface area (Å²) in [6.45, 7) is 1.67. The number of aliphatic hydroxyl groups is 2. The zero-order valence-corrected chi connectivity index (χ0v) is 8.25. The van der Waals surface area contributed by atoms with Crippen molar-refractivity contribution in [3.8, 4) is 0 Å². The summed E-state index contributed by atoms with van der Waals surface area (Å²) in [4.78, 5) is 10.2. The fourth-order valence-electron chi connectivity index (χ4n) is 0.984. The highest BCUT2D eigenvalue weighted by atomic mass is 32.1. The minimum Gasteiger partial charge on any atom is -0.481 e. The van der Waals surface area contributed by atoms with E-state index in [-0.39, 0.29) is 19.3 Å². The summed E-state index contributed by atoms with van der Waals surface area (Å²) in [7, 11) is 0. The van der Waals surface area contributed by atoms with Gasteiger partial charge in [-0.25, -0.2) is 0 Å². The first-order chi connectivity index (χ1) is 5.96. The van der Waals surface area contributed by atoms with Crippen molar-refractivity contribution in [2.45, 2.75) is 37.9 Å². The van der Waals surface area contributed by atoms with Crippen molar-refractivity contribution in [3.05, 3.63) is 0 Å². The number of hydrogen-bond donors (Lipinski definition) is 3. The van der Waals surface area contributed by atoms with Crippen LogP contribution in [0, 0.1) is 0 Å². The van der Waals surface area contributed by atoms with Crippen LogP contribution in [0.1, 0.15) is 26.2 Å². The van der Waals surface area contributed by atoms with Gasteiger partial charge < -0.3 is 15.3 Å². The Balaban J connectivity index is 4.26. The Morgan fingerprint density at radius 3 is 2.54 bits per heavy atom. The highest BCUT2D eigenvalue weighted by molar-refractivity contribution is 7.79. The van der Waals surface area contributed by atoms with E-state index in [9.17, 15) is 15.0 Å². The van der Waals surface area contributed by atoms with Gasteiger partial charge in [-0.15, -0.1) is 0 Å². The largest absolute Gasteiger partial charge is 0.481 e. The Labute approximate surface area is 82.2 Å². The molecule has 0 aromatic heterocycles. The van der Waals surface area contributed by atoms with Crippen molar-refractivity contribution in [2.24, 2.45) is 0 Å². The van der Waals surface area contributed by atoms with Gasteiger partial charge in [0.25, 0.3) is 0 Å². The molecule has 0 spiro atoms. The van der Waals surface area contributed by atoms with Crippen LogP contribution in [0.4, 0.5) is 0 Å². The predicted octanol–water partition coefficient (Wildman–Crippen LogP) is 0.353. The first kappa shape index (κ1) is 12.5. The number of rotatable bonds is 6. The van der Waals surface area contributed by atoms with Crippen molar-refractivity contribution < 1.29 is 20.1 Å². The van der Waals surface area contributed by atoms with Crippen LogP contribution in [-0.4, -0.2) is 38.4 Å². The molecule has 0 aliphatic carbocycles. The van der Waals surface area contributed by atoms with Crippen molar-refractivity contribution in [3.63, 3.8) is 0 Å². The van der Waals surface area contributed by atoms with Gasteiger partial charge >= 0.3 is 5.97 Å². The lowest BCUT2D eigenvalue weighted by Crippen LogP contribution is -2.42. The molecule has 1 unspecified atom stereocenters. The molecule has 0 fully saturated rings. The van der Waals surface area contributed by atoms with Crippen molar-refractivity contribution in [1.29, 1.82) is 0 Å². The van der Waals surface area contributed by atoms with E-state index in [1.807, 2.05) is 0 Å². The van der Waals surface area contributed by atoms with Gasteiger partial charge in [0.1, 0.15) is 6.10 Å². The van der Waals surface area contributed by atoms with Crippen molar-refractivity contribution in [1.82, 2.24) is 0 Å². The maximum atomic E-state index is 10.2. The second-order valence-electron chi connectivity index (χ2n) is 2.93. The first-order valence-electron chi connectivity index (χ1n) is 4.04.